The second-order valence-corrected chi connectivity index (χ2v) is 8.58. The maximum atomic E-state index is 12.2. The molecule has 1 aromatic heterocycles. The number of rotatable bonds is 4. The van der Waals surface area contributed by atoms with Crippen LogP contribution in [0.5, 0.6) is 0 Å². The first-order valence-electron chi connectivity index (χ1n) is 7.94. The molecule has 3 rings (SSSR count). The molecule has 1 saturated heterocycles. The van der Waals surface area contributed by atoms with Crippen molar-refractivity contribution in [1.29, 1.82) is 0 Å². The Morgan fingerprint density at radius 1 is 1.29 bits per heavy atom. The van der Waals surface area contributed by atoms with Crippen LogP contribution in [-0.4, -0.2) is 41.7 Å². The van der Waals surface area contributed by atoms with Gasteiger partial charge in [0.25, 0.3) is 5.91 Å². The third-order valence-corrected chi connectivity index (χ3v) is 5.99. The van der Waals surface area contributed by atoms with Gasteiger partial charge in [-0.05, 0) is 44.0 Å². The Hall–Kier alpha value is -2.15. The van der Waals surface area contributed by atoms with Gasteiger partial charge in [-0.3, -0.25) is 9.48 Å². The van der Waals surface area contributed by atoms with Crippen LogP contribution in [0.1, 0.15) is 33.7 Å². The Balaban J connectivity index is 1.64. The lowest BCUT2D eigenvalue weighted by Crippen LogP contribution is -2.35. The van der Waals surface area contributed by atoms with E-state index in [0.717, 1.165) is 17.0 Å². The van der Waals surface area contributed by atoms with E-state index in [1.165, 1.54) is 0 Å². The number of aromatic nitrogens is 2. The van der Waals surface area contributed by atoms with Crippen molar-refractivity contribution < 1.29 is 13.2 Å². The predicted octanol–water partition coefficient (Wildman–Crippen LogP) is 1.47. The third-order valence-electron chi connectivity index (χ3n) is 4.22. The molecule has 0 bridgehead atoms. The summed E-state index contributed by atoms with van der Waals surface area (Å²) in [4.78, 5) is 12.2. The summed E-state index contributed by atoms with van der Waals surface area (Å²) in [5.41, 5.74) is 3.67. The average molecular weight is 347 g/mol. The zero-order valence-corrected chi connectivity index (χ0v) is 14.6. The number of sulfone groups is 1. The number of hydrogen-bond acceptors (Lipinski definition) is 4. The quantitative estimate of drug-likeness (QED) is 0.908. The van der Waals surface area contributed by atoms with Gasteiger partial charge in [0, 0.05) is 17.3 Å². The molecule has 128 valence electrons. The van der Waals surface area contributed by atoms with Gasteiger partial charge in [0.05, 0.1) is 23.7 Å². The smallest absolute Gasteiger partial charge is 0.251 e. The summed E-state index contributed by atoms with van der Waals surface area (Å²) in [5, 5.41) is 7.22. The predicted molar refractivity (Wildman–Crippen MR) is 91.8 cm³/mol. The summed E-state index contributed by atoms with van der Waals surface area (Å²) in [5.74, 6) is -0.0383. The molecule has 0 unspecified atom stereocenters. The highest BCUT2D eigenvalue weighted by atomic mass is 32.2. The number of nitrogens with zero attached hydrogens (tertiary/aromatic N) is 2. The Bertz CT molecular complexity index is 854. The van der Waals surface area contributed by atoms with Crippen LogP contribution >= 0.6 is 0 Å². The lowest BCUT2D eigenvalue weighted by atomic mass is 10.1. The van der Waals surface area contributed by atoms with Gasteiger partial charge in [0.15, 0.2) is 9.84 Å². The molecule has 1 atom stereocenters. The molecule has 1 aliphatic rings. The molecule has 1 fully saturated rings. The maximum Gasteiger partial charge on any atom is 0.251 e. The van der Waals surface area contributed by atoms with E-state index in [2.05, 4.69) is 10.4 Å². The minimum Gasteiger partial charge on any atom is -0.348 e. The Morgan fingerprint density at radius 2 is 2.00 bits per heavy atom. The Morgan fingerprint density at radius 3 is 2.54 bits per heavy atom. The second kappa shape index (κ2) is 6.39. The molecule has 0 saturated carbocycles. The van der Waals surface area contributed by atoms with Crippen molar-refractivity contribution in [3.05, 3.63) is 52.8 Å². The van der Waals surface area contributed by atoms with Gasteiger partial charge in [0.2, 0.25) is 0 Å². The van der Waals surface area contributed by atoms with Crippen LogP contribution in [0.4, 0.5) is 0 Å². The fraction of sp³-hybridized carbons (Fsp3) is 0.412. The number of carbonyl (C=O) groups excluding carboxylic acids is 1. The molecule has 0 radical (unpaired) electrons. The summed E-state index contributed by atoms with van der Waals surface area (Å²) in [7, 11) is -2.99. The second-order valence-electron chi connectivity index (χ2n) is 6.36. The fourth-order valence-corrected chi connectivity index (χ4v) is 4.62. The first-order chi connectivity index (χ1) is 11.3. The molecule has 6 nitrogen and oxygen atoms in total. The number of nitrogens with one attached hydrogen (secondary N) is 1. The molecule has 2 aromatic rings. The SMILES string of the molecule is Cc1cc(C)n(Cc2ccc(C(=O)N[C@@H]3CCS(=O)(=O)C3)cc2)n1. The average Bonchev–Trinajstić information content (AvgIpc) is 3.01. The van der Waals surface area contributed by atoms with Gasteiger partial charge in [-0.1, -0.05) is 12.1 Å². The summed E-state index contributed by atoms with van der Waals surface area (Å²) in [6, 6.07) is 9.07. The summed E-state index contributed by atoms with van der Waals surface area (Å²) < 4.78 is 24.8. The highest BCUT2D eigenvalue weighted by molar-refractivity contribution is 7.91. The van der Waals surface area contributed by atoms with E-state index in [9.17, 15) is 13.2 Å². The van der Waals surface area contributed by atoms with Crippen LogP contribution in [0.15, 0.2) is 30.3 Å². The van der Waals surface area contributed by atoms with Crippen molar-refractivity contribution in [1.82, 2.24) is 15.1 Å². The van der Waals surface area contributed by atoms with Gasteiger partial charge in [0.1, 0.15) is 0 Å². The Labute approximate surface area is 141 Å². The van der Waals surface area contributed by atoms with E-state index >= 15 is 0 Å². The number of hydrogen-bond donors (Lipinski definition) is 1. The number of amides is 1. The van der Waals surface area contributed by atoms with E-state index in [1.54, 1.807) is 12.1 Å². The zero-order valence-electron chi connectivity index (χ0n) is 13.8. The first kappa shape index (κ1) is 16.7. The van der Waals surface area contributed by atoms with Gasteiger partial charge < -0.3 is 5.32 Å². The van der Waals surface area contributed by atoms with Crippen molar-refractivity contribution in [2.24, 2.45) is 0 Å². The van der Waals surface area contributed by atoms with Crippen LogP contribution in [0, 0.1) is 13.8 Å². The topological polar surface area (TPSA) is 81.1 Å². The zero-order chi connectivity index (χ0) is 17.3. The first-order valence-corrected chi connectivity index (χ1v) is 9.76. The maximum absolute atomic E-state index is 12.2. The van der Waals surface area contributed by atoms with E-state index in [0.29, 0.717) is 18.5 Å². The highest BCUT2D eigenvalue weighted by Gasteiger charge is 2.29. The summed E-state index contributed by atoms with van der Waals surface area (Å²) in [6.45, 7) is 4.63. The van der Waals surface area contributed by atoms with Crippen molar-refractivity contribution in [3.8, 4) is 0 Å². The van der Waals surface area contributed by atoms with E-state index in [1.807, 2.05) is 36.7 Å². The van der Waals surface area contributed by atoms with Crippen LogP contribution < -0.4 is 5.32 Å². The van der Waals surface area contributed by atoms with Gasteiger partial charge in [-0.25, -0.2) is 8.42 Å². The monoisotopic (exact) mass is 347 g/mol. The van der Waals surface area contributed by atoms with E-state index in [4.69, 9.17) is 0 Å². The third kappa shape index (κ3) is 3.84. The molecule has 0 spiro atoms. The molecule has 1 aromatic carbocycles. The standard InChI is InChI=1S/C17H21N3O3S/c1-12-9-13(2)20(19-12)10-14-3-5-15(6-4-14)17(21)18-16-7-8-24(22,23)11-16/h3-6,9,16H,7-8,10-11H2,1-2H3,(H,18,21)/t16-/m1/s1. The van der Waals surface area contributed by atoms with Crippen molar-refractivity contribution >= 4 is 15.7 Å². The minimum atomic E-state index is -2.99. The number of carbonyl (C=O) groups is 1. The summed E-state index contributed by atoms with van der Waals surface area (Å²) in [6.07, 6.45) is 0.490. The van der Waals surface area contributed by atoms with Crippen LogP contribution in [-0.2, 0) is 16.4 Å². The Kier molecular flexibility index (Phi) is 4.45. The molecule has 1 N–H and O–H groups in total. The lowest BCUT2D eigenvalue weighted by molar-refractivity contribution is 0.0941. The van der Waals surface area contributed by atoms with E-state index < -0.39 is 9.84 Å². The van der Waals surface area contributed by atoms with E-state index in [-0.39, 0.29) is 23.5 Å². The molecule has 1 aliphatic heterocycles. The fourth-order valence-electron chi connectivity index (χ4n) is 2.95. The molecular formula is C17H21N3O3S. The lowest BCUT2D eigenvalue weighted by Gasteiger charge is -2.11. The van der Waals surface area contributed by atoms with Crippen molar-refractivity contribution in [3.63, 3.8) is 0 Å². The highest BCUT2D eigenvalue weighted by Crippen LogP contribution is 2.13. The van der Waals surface area contributed by atoms with Gasteiger partial charge >= 0.3 is 0 Å². The van der Waals surface area contributed by atoms with Crippen LogP contribution in [0.25, 0.3) is 0 Å². The molecule has 24 heavy (non-hydrogen) atoms. The van der Waals surface area contributed by atoms with Crippen molar-refractivity contribution in [2.75, 3.05) is 11.5 Å². The van der Waals surface area contributed by atoms with Crippen LogP contribution in [0.3, 0.4) is 0 Å². The van der Waals surface area contributed by atoms with Crippen LogP contribution in [0.2, 0.25) is 0 Å². The van der Waals surface area contributed by atoms with Gasteiger partial charge in [-0.15, -0.1) is 0 Å². The minimum absolute atomic E-state index is 0.0365. The normalized spacial score (nSPS) is 19.3. The molecule has 1 amide bonds. The largest absolute Gasteiger partial charge is 0.348 e. The summed E-state index contributed by atoms with van der Waals surface area (Å²) >= 11 is 0. The number of benzene rings is 1. The van der Waals surface area contributed by atoms with Gasteiger partial charge in [-0.2, -0.15) is 5.10 Å². The molecular weight excluding hydrogens is 326 g/mol. The molecule has 2 heterocycles. The molecule has 7 heteroatoms. The molecule has 0 aliphatic carbocycles. The number of aryl methyl sites for hydroxylation is 2. The van der Waals surface area contributed by atoms with Crippen molar-refractivity contribution in [2.45, 2.75) is 32.9 Å².